The van der Waals surface area contributed by atoms with Crippen LogP contribution < -0.4 is 10.6 Å². The zero-order valence-corrected chi connectivity index (χ0v) is 21.2. The van der Waals surface area contributed by atoms with Gasteiger partial charge in [-0.25, -0.2) is 4.39 Å². The first-order chi connectivity index (χ1) is 19.1. The van der Waals surface area contributed by atoms with Crippen LogP contribution in [-0.2, 0) is 33.3 Å². The quantitative estimate of drug-likeness (QED) is 0.120. The summed E-state index contributed by atoms with van der Waals surface area (Å²) in [5.41, 5.74) is -4.77. The molecule has 1 unspecified atom stereocenters. The number of aliphatic hydroxyl groups is 7. The maximum Gasteiger partial charge on any atom is 0.306 e. The van der Waals surface area contributed by atoms with Gasteiger partial charge in [-0.2, -0.15) is 0 Å². The number of anilines is 1. The van der Waals surface area contributed by atoms with E-state index in [2.05, 4.69) is 5.32 Å². The van der Waals surface area contributed by atoms with E-state index in [1.807, 2.05) is 4.90 Å². The summed E-state index contributed by atoms with van der Waals surface area (Å²) in [6, 6.07) is 7.76. The normalized spacial score (nSPS) is 24.3. The van der Waals surface area contributed by atoms with Crippen molar-refractivity contribution in [3.05, 3.63) is 64.5 Å². The van der Waals surface area contributed by atoms with Gasteiger partial charge in [0.1, 0.15) is 5.82 Å². The van der Waals surface area contributed by atoms with Crippen LogP contribution in [0, 0.1) is 5.82 Å². The molecule has 5 rings (SSSR count). The number of benzene rings is 2. The molecule has 41 heavy (non-hydrogen) atoms. The average molecular weight is 579 g/mol. The number of halogens is 1. The molecule has 0 aromatic heterocycles. The second-order valence-electron chi connectivity index (χ2n) is 9.99. The number of imide groups is 1. The van der Waals surface area contributed by atoms with Crippen LogP contribution in [0.15, 0.2) is 36.4 Å². The summed E-state index contributed by atoms with van der Waals surface area (Å²) in [7, 11) is 0. The number of nitrogens with one attached hydrogen (secondary N) is 2. The smallest absolute Gasteiger partial charge is 0.306 e. The summed E-state index contributed by atoms with van der Waals surface area (Å²) < 4.78 is 20.7. The fourth-order valence-corrected chi connectivity index (χ4v) is 5.09. The number of rotatable bonds is 6. The molecule has 2 aromatic rings. The van der Waals surface area contributed by atoms with Crippen LogP contribution in [0.4, 0.5) is 10.1 Å². The fraction of sp³-hybridized carbons (Fsp3) is 0.400. The first-order valence-electron chi connectivity index (χ1n) is 12.4. The Morgan fingerprint density at radius 2 is 1.63 bits per heavy atom. The summed E-state index contributed by atoms with van der Waals surface area (Å²) in [6.45, 7) is 1.40. The lowest BCUT2D eigenvalue weighted by Gasteiger charge is -2.50. The summed E-state index contributed by atoms with van der Waals surface area (Å²) in [6.07, 6.45) is 0. The molecule has 220 valence electrons. The molecule has 2 aromatic carbocycles. The summed E-state index contributed by atoms with van der Waals surface area (Å²) >= 11 is 0. The molecular formula is C25H27FN4O11. The molecule has 0 bridgehead atoms. The van der Waals surface area contributed by atoms with E-state index in [9.17, 15) is 50.1 Å². The first-order valence-corrected chi connectivity index (χ1v) is 12.4. The standard InChI is InChI=1S/C25H27FN4O11/c26-18-13(11-29-7-9-41-10-8-29)3-1-5-16(18)24(37,38)28-17-6-2-4-14-15(17)12-30(19(14)31)22(34)20(32)27-21(33)23(35,36)25(22,39)40/h1-6,28,34-40H,7-12H2,(H,27,32,33). The van der Waals surface area contributed by atoms with Crippen molar-refractivity contribution in [3.8, 4) is 0 Å². The number of hydrogen-bond acceptors (Lipinski definition) is 13. The number of nitrogens with zero attached hydrogens (tertiary/aromatic N) is 2. The van der Waals surface area contributed by atoms with Gasteiger partial charge in [0.15, 0.2) is 0 Å². The third-order valence-corrected chi connectivity index (χ3v) is 7.45. The van der Waals surface area contributed by atoms with Crippen LogP contribution in [0.1, 0.15) is 27.0 Å². The number of ether oxygens (including phenoxy) is 1. The second-order valence-corrected chi connectivity index (χ2v) is 9.99. The molecule has 3 heterocycles. The molecule has 3 aliphatic heterocycles. The molecule has 0 radical (unpaired) electrons. The van der Waals surface area contributed by atoms with E-state index in [0.29, 0.717) is 26.3 Å². The number of fused-ring (bicyclic) bond motifs is 1. The largest absolute Gasteiger partial charge is 0.379 e. The lowest BCUT2D eigenvalue weighted by atomic mass is 9.86. The Kier molecular flexibility index (Phi) is 6.89. The van der Waals surface area contributed by atoms with Crippen LogP contribution in [0.3, 0.4) is 0 Å². The van der Waals surface area contributed by atoms with Crippen LogP contribution in [0.2, 0.25) is 0 Å². The summed E-state index contributed by atoms with van der Waals surface area (Å²) in [5.74, 6) is -17.4. The van der Waals surface area contributed by atoms with E-state index in [-0.39, 0.29) is 33.8 Å². The molecule has 9 N–H and O–H groups in total. The van der Waals surface area contributed by atoms with Gasteiger partial charge in [-0.1, -0.05) is 18.2 Å². The monoisotopic (exact) mass is 578 g/mol. The Bertz CT molecular complexity index is 1430. The second kappa shape index (κ2) is 9.76. The Hall–Kier alpha value is -3.58. The topological polar surface area (TPSA) is 233 Å². The maximum absolute atomic E-state index is 15.5. The number of carbonyl (C=O) groups excluding carboxylic acids is 3. The van der Waals surface area contributed by atoms with Crippen LogP contribution >= 0.6 is 0 Å². The van der Waals surface area contributed by atoms with E-state index in [1.54, 1.807) is 0 Å². The van der Waals surface area contributed by atoms with Gasteiger partial charge >= 0.3 is 5.79 Å². The van der Waals surface area contributed by atoms with E-state index in [0.717, 1.165) is 6.07 Å². The summed E-state index contributed by atoms with van der Waals surface area (Å²) in [4.78, 5) is 39.6. The number of morpholine rings is 1. The molecule has 15 nitrogen and oxygen atoms in total. The number of amides is 3. The van der Waals surface area contributed by atoms with E-state index in [4.69, 9.17) is 4.74 Å². The first kappa shape index (κ1) is 28.9. The minimum atomic E-state index is -4.30. The average Bonchev–Trinajstić information content (AvgIpc) is 3.26. The fourth-order valence-electron chi connectivity index (χ4n) is 5.09. The van der Waals surface area contributed by atoms with Gasteiger partial charge in [-0.05, 0) is 18.2 Å². The van der Waals surface area contributed by atoms with Gasteiger partial charge in [0.2, 0.25) is 0 Å². The van der Waals surface area contributed by atoms with Crippen molar-refractivity contribution < 1.29 is 59.3 Å². The maximum atomic E-state index is 15.5. The Morgan fingerprint density at radius 1 is 0.976 bits per heavy atom. The van der Waals surface area contributed by atoms with Gasteiger partial charge in [0.25, 0.3) is 35.1 Å². The van der Waals surface area contributed by atoms with Gasteiger partial charge in [0.05, 0.1) is 25.3 Å². The molecule has 0 aliphatic carbocycles. The molecular weight excluding hydrogens is 551 g/mol. The van der Waals surface area contributed by atoms with Crippen LogP contribution in [0.5, 0.6) is 0 Å². The van der Waals surface area contributed by atoms with E-state index >= 15 is 4.39 Å². The third kappa shape index (κ3) is 4.37. The number of hydrogen-bond donors (Lipinski definition) is 9. The highest BCUT2D eigenvalue weighted by molar-refractivity contribution is 6.10. The zero-order valence-electron chi connectivity index (χ0n) is 21.2. The van der Waals surface area contributed by atoms with Crippen molar-refractivity contribution in [2.45, 2.75) is 36.3 Å². The Balaban J connectivity index is 1.45. The van der Waals surface area contributed by atoms with Crippen molar-refractivity contribution in [1.29, 1.82) is 0 Å². The van der Waals surface area contributed by atoms with E-state index < -0.39 is 58.9 Å². The molecule has 16 heteroatoms. The molecule has 1 atom stereocenters. The highest BCUT2D eigenvalue weighted by atomic mass is 19.1. The predicted molar refractivity (Wildman–Crippen MR) is 131 cm³/mol. The van der Waals surface area contributed by atoms with Crippen molar-refractivity contribution in [1.82, 2.24) is 15.1 Å². The third-order valence-electron chi connectivity index (χ3n) is 7.45. The zero-order chi connectivity index (χ0) is 30.0. The predicted octanol–water partition coefficient (Wildman–Crippen LogP) is -3.47. The molecule has 2 fully saturated rings. The molecule has 2 saturated heterocycles. The van der Waals surface area contributed by atoms with Crippen molar-refractivity contribution in [2.75, 3.05) is 31.6 Å². The van der Waals surface area contributed by atoms with Crippen molar-refractivity contribution in [2.24, 2.45) is 0 Å². The van der Waals surface area contributed by atoms with Gasteiger partial charge in [0, 0.05) is 42.0 Å². The highest BCUT2D eigenvalue weighted by Gasteiger charge is 2.76. The van der Waals surface area contributed by atoms with Gasteiger partial charge < -0.3 is 45.8 Å². The van der Waals surface area contributed by atoms with Crippen molar-refractivity contribution in [3.63, 3.8) is 0 Å². The summed E-state index contributed by atoms with van der Waals surface area (Å²) in [5, 5.41) is 77.2. The van der Waals surface area contributed by atoms with Crippen LogP contribution in [-0.4, -0.2) is 107 Å². The Morgan fingerprint density at radius 3 is 2.32 bits per heavy atom. The van der Waals surface area contributed by atoms with Gasteiger partial charge in [-0.15, -0.1) is 0 Å². The molecule has 3 amide bonds. The lowest BCUT2D eigenvalue weighted by molar-refractivity contribution is -0.407. The van der Waals surface area contributed by atoms with Crippen molar-refractivity contribution >= 4 is 23.4 Å². The molecule has 3 aliphatic rings. The van der Waals surface area contributed by atoms with Gasteiger partial charge in [-0.3, -0.25) is 29.5 Å². The minimum absolute atomic E-state index is 0.120. The highest BCUT2D eigenvalue weighted by Crippen LogP contribution is 2.42. The number of carbonyl (C=O) groups is 3. The SMILES string of the molecule is O=C1c2cccc(NC(O)(O)c3cccc(CN4CCOCC4)c3F)c2CN1C1(O)C(=O)NC(=O)C(O)(O)C1(O)O. The molecule has 0 saturated carbocycles. The lowest BCUT2D eigenvalue weighted by Crippen LogP contribution is -2.85. The van der Waals surface area contributed by atoms with Crippen LogP contribution in [0.25, 0.3) is 0 Å². The minimum Gasteiger partial charge on any atom is -0.379 e. The van der Waals surface area contributed by atoms with E-state index in [1.165, 1.54) is 35.6 Å². The Labute approximate surface area is 230 Å². The molecule has 0 spiro atoms. The number of piperidine rings is 1.